The van der Waals surface area contributed by atoms with Crippen LogP contribution in [0.25, 0.3) is 0 Å². The molecule has 0 aromatic heterocycles. The Morgan fingerprint density at radius 3 is 1.73 bits per heavy atom. The Morgan fingerprint density at radius 2 is 1.38 bits per heavy atom. The average molecular weight is 421 g/mol. The molecule has 0 bridgehead atoms. The van der Waals surface area contributed by atoms with E-state index in [9.17, 15) is 9.59 Å². The summed E-state index contributed by atoms with van der Waals surface area (Å²) in [7, 11) is -5.94. The van der Waals surface area contributed by atoms with Gasteiger partial charge < -0.3 is 18.1 Å². The molecule has 0 aliphatic rings. The minimum absolute atomic E-state index is 0.120. The minimum atomic E-state index is -2.40. The monoisotopic (exact) mass is 420 g/mol. The second-order valence-corrected chi connectivity index (χ2v) is 21.8. The first-order valence-corrected chi connectivity index (χ1v) is 18.4. The Morgan fingerprint density at radius 1 is 0.923 bits per heavy atom. The Hall–Kier alpha value is -0.749. The van der Waals surface area contributed by atoms with E-state index >= 15 is 0 Å². The molecule has 0 aromatic carbocycles. The van der Waals surface area contributed by atoms with Gasteiger partial charge in [-0.25, -0.2) is 9.59 Å². The lowest BCUT2D eigenvalue weighted by molar-refractivity contribution is -0.145. The van der Waals surface area contributed by atoms with Crippen LogP contribution in [0.3, 0.4) is 0 Å². The molecule has 9 heteroatoms. The molecule has 0 radical (unpaired) electrons. The number of rotatable bonds is 11. The number of aliphatic carboxylic acids is 1. The smallest absolute Gasteiger partial charge is 0.331 e. The lowest BCUT2D eigenvalue weighted by atomic mass is 10.1. The maximum Gasteiger partial charge on any atom is 0.331 e. The largest absolute Gasteiger partial charge is 0.478 e. The molecule has 6 nitrogen and oxygen atoms in total. The first-order valence-electron chi connectivity index (χ1n) is 9.05. The summed E-state index contributed by atoms with van der Waals surface area (Å²) >= 11 is 0. The molecule has 0 fully saturated rings. The molecular formula is C17H36O6Si3. The number of ether oxygens (including phenoxy) is 1. The molecule has 1 atom stereocenters. The molecule has 0 aliphatic heterocycles. The predicted octanol–water partition coefficient (Wildman–Crippen LogP) is 4.36. The van der Waals surface area contributed by atoms with Crippen LogP contribution in [0, 0.1) is 5.92 Å². The molecule has 0 rings (SSSR count). The van der Waals surface area contributed by atoms with Crippen LogP contribution in [0.4, 0.5) is 0 Å². The average Bonchev–Trinajstić information content (AvgIpc) is 2.36. The van der Waals surface area contributed by atoms with Crippen LogP contribution in [-0.4, -0.2) is 48.3 Å². The summed E-state index contributed by atoms with van der Waals surface area (Å²) in [6.07, 6.45) is 2.08. The third-order valence-corrected chi connectivity index (χ3v) is 12.9. The van der Waals surface area contributed by atoms with Crippen LogP contribution in [-0.2, 0) is 22.6 Å². The number of carbonyl (C=O) groups excluding carboxylic acids is 1. The van der Waals surface area contributed by atoms with Crippen molar-refractivity contribution in [2.45, 2.75) is 78.2 Å². The molecule has 1 N–H and O–H groups in total. The topological polar surface area (TPSA) is 82.1 Å². The molecule has 152 valence electrons. The summed E-state index contributed by atoms with van der Waals surface area (Å²) in [5.74, 6) is -1.68. The standard InChI is InChI=1S/C17H36O6Si3/c1-14(2)15(21-17(20)11-10-16(18)19)12-13-26(9,22-24(3,4)5)23-25(6,7)8/h10-11,14-15H,12-13H2,1-9H3,(H,18,19). The van der Waals surface area contributed by atoms with E-state index in [-0.39, 0.29) is 12.0 Å². The molecular weight excluding hydrogens is 384 g/mol. The first-order chi connectivity index (χ1) is 11.5. The fourth-order valence-electron chi connectivity index (χ4n) is 2.68. The van der Waals surface area contributed by atoms with Gasteiger partial charge in [-0.05, 0) is 64.2 Å². The van der Waals surface area contributed by atoms with Crippen molar-refractivity contribution in [1.29, 1.82) is 0 Å². The fourth-order valence-corrected chi connectivity index (χ4v) is 15.2. The van der Waals surface area contributed by atoms with E-state index in [2.05, 4.69) is 45.8 Å². The van der Waals surface area contributed by atoms with Crippen LogP contribution < -0.4 is 0 Å². The van der Waals surface area contributed by atoms with Gasteiger partial charge in [-0.1, -0.05) is 13.8 Å². The van der Waals surface area contributed by atoms with Gasteiger partial charge in [-0.15, -0.1) is 0 Å². The lowest BCUT2D eigenvalue weighted by Gasteiger charge is -2.39. The van der Waals surface area contributed by atoms with E-state index in [1.165, 1.54) is 0 Å². The highest BCUT2D eigenvalue weighted by Crippen LogP contribution is 2.28. The maximum atomic E-state index is 11.8. The Bertz CT molecular complexity index is 490. The van der Waals surface area contributed by atoms with Crippen LogP contribution in [0.2, 0.25) is 51.9 Å². The van der Waals surface area contributed by atoms with Crippen LogP contribution in [0.15, 0.2) is 12.2 Å². The zero-order chi connectivity index (χ0) is 20.8. The fraction of sp³-hybridized carbons (Fsp3) is 0.765. The number of carbonyl (C=O) groups is 2. The van der Waals surface area contributed by atoms with Crippen molar-refractivity contribution < 1.29 is 27.7 Å². The number of carboxylic acid groups (broad SMARTS) is 1. The van der Waals surface area contributed by atoms with Crippen molar-refractivity contribution in [2.75, 3.05) is 0 Å². The highest BCUT2D eigenvalue weighted by Gasteiger charge is 2.40. The van der Waals surface area contributed by atoms with Gasteiger partial charge in [-0.2, -0.15) is 0 Å². The molecule has 0 amide bonds. The van der Waals surface area contributed by atoms with Crippen molar-refractivity contribution in [3.05, 3.63) is 12.2 Å². The van der Waals surface area contributed by atoms with Crippen molar-refractivity contribution >= 4 is 37.1 Å². The quantitative estimate of drug-likeness (QED) is 0.304. The third-order valence-electron chi connectivity index (χ3n) is 3.30. The number of hydrogen-bond acceptors (Lipinski definition) is 5. The minimum Gasteiger partial charge on any atom is -0.478 e. The predicted molar refractivity (Wildman–Crippen MR) is 111 cm³/mol. The SMILES string of the molecule is CC(C)C(CC[Si](C)(O[Si](C)(C)C)O[Si](C)(C)C)OC(=O)C=CC(=O)O. The third kappa shape index (κ3) is 12.6. The molecule has 26 heavy (non-hydrogen) atoms. The Balaban J connectivity index is 5.12. The first kappa shape index (κ1) is 25.3. The zero-order valence-corrected chi connectivity index (χ0v) is 20.7. The van der Waals surface area contributed by atoms with E-state index in [4.69, 9.17) is 18.1 Å². The summed E-state index contributed by atoms with van der Waals surface area (Å²) in [5, 5.41) is 8.62. The van der Waals surface area contributed by atoms with E-state index in [0.29, 0.717) is 6.42 Å². The van der Waals surface area contributed by atoms with Gasteiger partial charge >= 0.3 is 20.5 Å². The summed E-state index contributed by atoms with van der Waals surface area (Å²) in [5.41, 5.74) is 0. The summed E-state index contributed by atoms with van der Waals surface area (Å²) in [6, 6.07) is 0.736. The van der Waals surface area contributed by atoms with Gasteiger partial charge in [0.15, 0.2) is 16.6 Å². The molecule has 1 unspecified atom stereocenters. The molecule has 0 aromatic rings. The van der Waals surface area contributed by atoms with Crippen molar-refractivity contribution in [2.24, 2.45) is 5.92 Å². The van der Waals surface area contributed by atoms with E-state index in [0.717, 1.165) is 18.2 Å². The zero-order valence-electron chi connectivity index (χ0n) is 17.7. The maximum absolute atomic E-state index is 11.8. The van der Waals surface area contributed by atoms with E-state index in [1.807, 2.05) is 13.8 Å². The highest BCUT2D eigenvalue weighted by atomic mass is 28.5. The summed E-state index contributed by atoms with van der Waals surface area (Å²) < 4.78 is 18.4. The number of carboxylic acids is 1. The molecule has 0 aliphatic carbocycles. The molecule has 0 spiro atoms. The molecule has 0 saturated carbocycles. The van der Waals surface area contributed by atoms with Gasteiger partial charge in [0.25, 0.3) is 0 Å². The highest BCUT2D eigenvalue weighted by molar-refractivity contribution is 6.87. The van der Waals surface area contributed by atoms with E-state index in [1.54, 1.807) is 0 Å². The van der Waals surface area contributed by atoms with Gasteiger partial charge in [0.2, 0.25) is 0 Å². The molecule has 0 heterocycles. The Labute approximate surface area is 161 Å². The van der Waals surface area contributed by atoms with Gasteiger partial charge in [-0.3, -0.25) is 0 Å². The molecule has 0 saturated heterocycles. The van der Waals surface area contributed by atoms with Gasteiger partial charge in [0.1, 0.15) is 6.10 Å². The van der Waals surface area contributed by atoms with Crippen LogP contribution in [0.5, 0.6) is 0 Å². The van der Waals surface area contributed by atoms with Gasteiger partial charge in [0.05, 0.1) is 0 Å². The van der Waals surface area contributed by atoms with Crippen molar-refractivity contribution in [1.82, 2.24) is 0 Å². The number of esters is 1. The normalized spacial score (nSPS) is 14.7. The van der Waals surface area contributed by atoms with Crippen molar-refractivity contribution in [3.8, 4) is 0 Å². The van der Waals surface area contributed by atoms with Crippen LogP contribution in [0.1, 0.15) is 20.3 Å². The van der Waals surface area contributed by atoms with Crippen molar-refractivity contribution in [3.63, 3.8) is 0 Å². The van der Waals surface area contributed by atoms with Gasteiger partial charge in [0, 0.05) is 12.2 Å². The Kier molecular flexibility index (Phi) is 9.69. The summed E-state index contributed by atoms with van der Waals surface area (Å²) in [4.78, 5) is 22.4. The van der Waals surface area contributed by atoms with E-state index < -0.39 is 37.1 Å². The van der Waals surface area contributed by atoms with Crippen LogP contribution >= 0.6 is 0 Å². The second-order valence-electron chi connectivity index (χ2n) is 8.99. The number of hydrogen-bond donors (Lipinski definition) is 1. The summed E-state index contributed by atoms with van der Waals surface area (Å²) in [6.45, 7) is 19.0. The second kappa shape index (κ2) is 9.98. The lowest BCUT2D eigenvalue weighted by Crippen LogP contribution is -2.53.